The highest BCUT2D eigenvalue weighted by Gasteiger charge is 2.17. The quantitative estimate of drug-likeness (QED) is 0.523. The second-order valence-corrected chi connectivity index (χ2v) is 4.79. The first-order valence-electron chi connectivity index (χ1n) is 4.20. The monoisotopic (exact) mass is 225 g/mol. The molecule has 0 aromatic carbocycles. The summed E-state index contributed by atoms with van der Waals surface area (Å²) in [7, 11) is -3.74. The van der Waals surface area contributed by atoms with Gasteiger partial charge in [-0.1, -0.05) is 0 Å². The van der Waals surface area contributed by atoms with Crippen molar-refractivity contribution in [2.75, 3.05) is 12.4 Å². The van der Waals surface area contributed by atoms with Crippen LogP contribution in [0.4, 0.5) is 0 Å². The molecule has 0 aromatic heterocycles. The van der Waals surface area contributed by atoms with Crippen molar-refractivity contribution in [3.63, 3.8) is 0 Å². The normalized spacial score (nSPS) is 13.9. The largest absolute Gasteiger partial charge is 0.480 e. The number of nitrogens with one attached hydrogen (secondary N) is 1. The number of aliphatic hydroxyl groups is 1. The number of carbonyl (C=O) groups is 1. The van der Waals surface area contributed by atoms with Crippen LogP contribution in [0.25, 0.3) is 0 Å². The molecule has 0 saturated heterocycles. The van der Waals surface area contributed by atoms with Crippen LogP contribution in [-0.4, -0.2) is 43.0 Å². The van der Waals surface area contributed by atoms with Gasteiger partial charge in [-0.25, -0.2) is 13.1 Å². The Morgan fingerprint density at radius 3 is 2.50 bits per heavy atom. The summed E-state index contributed by atoms with van der Waals surface area (Å²) >= 11 is 0. The van der Waals surface area contributed by atoms with Crippen LogP contribution in [-0.2, 0) is 14.8 Å². The van der Waals surface area contributed by atoms with E-state index in [2.05, 4.69) is 4.72 Å². The van der Waals surface area contributed by atoms with Crippen molar-refractivity contribution in [2.24, 2.45) is 0 Å². The second-order valence-electron chi connectivity index (χ2n) is 3.04. The van der Waals surface area contributed by atoms with Crippen molar-refractivity contribution in [1.82, 2.24) is 4.72 Å². The average molecular weight is 225 g/mol. The molecule has 0 fully saturated rings. The summed E-state index contributed by atoms with van der Waals surface area (Å²) < 4.78 is 24.3. The van der Waals surface area contributed by atoms with Gasteiger partial charge >= 0.3 is 5.97 Å². The lowest BCUT2D eigenvalue weighted by atomic mass is 10.2. The zero-order valence-electron chi connectivity index (χ0n) is 7.93. The van der Waals surface area contributed by atoms with Gasteiger partial charge in [-0.2, -0.15) is 0 Å². The van der Waals surface area contributed by atoms with Gasteiger partial charge in [0.2, 0.25) is 10.0 Å². The van der Waals surface area contributed by atoms with E-state index in [9.17, 15) is 13.2 Å². The Morgan fingerprint density at radius 2 is 2.07 bits per heavy atom. The fourth-order valence-corrected chi connectivity index (χ4v) is 2.11. The lowest BCUT2D eigenvalue weighted by Crippen LogP contribution is -2.36. The highest BCUT2D eigenvalue weighted by Crippen LogP contribution is 1.98. The summed E-state index contributed by atoms with van der Waals surface area (Å²) in [4.78, 5) is 10.2. The molecule has 1 atom stereocenters. The number of hydrogen-bond donors (Lipinski definition) is 3. The van der Waals surface area contributed by atoms with Crippen LogP contribution in [0.3, 0.4) is 0 Å². The molecular weight excluding hydrogens is 210 g/mol. The summed E-state index contributed by atoms with van der Waals surface area (Å²) in [6.07, 6.45) is 0.964. The molecule has 0 amide bonds. The van der Waals surface area contributed by atoms with Crippen molar-refractivity contribution in [1.29, 1.82) is 0 Å². The van der Waals surface area contributed by atoms with Crippen molar-refractivity contribution in [3.8, 4) is 0 Å². The number of aliphatic hydroxyl groups excluding tert-OH is 1. The molecule has 14 heavy (non-hydrogen) atoms. The predicted molar refractivity (Wildman–Crippen MR) is 50.3 cm³/mol. The smallest absolute Gasteiger partial charge is 0.320 e. The summed E-state index contributed by atoms with van der Waals surface area (Å²) in [6, 6.07) is -0.355. The number of hydrogen-bond acceptors (Lipinski definition) is 4. The van der Waals surface area contributed by atoms with Gasteiger partial charge in [0, 0.05) is 12.6 Å². The molecule has 0 aliphatic rings. The molecule has 0 aliphatic carbocycles. The second kappa shape index (κ2) is 5.94. The maximum atomic E-state index is 11.1. The van der Waals surface area contributed by atoms with E-state index in [4.69, 9.17) is 10.2 Å². The summed E-state index contributed by atoms with van der Waals surface area (Å²) in [5.41, 5.74) is 0. The minimum Gasteiger partial charge on any atom is -0.480 e. The van der Waals surface area contributed by atoms with E-state index < -0.39 is 21.7 Å². The number of sulfonamides is 1. The van der Waals surface area contributed by atoms with Gasteiger partial charge in [0.25, 0.3) is 0 Å². The zero-order chi connectivity index (χ0) is 11.2. The van der Waals surface area contributed by atoms with E-state index >= 15 is 0 Å². The van der Waals surface area contributed by atoms with Crippen LogP contribution in [0.15, 0.2) is 0 Å². The Labute approximate surface area is 83.0 Å². The predicted octanol–water partition coefficient (Wildman–Crippen LogP) is -0.849. The van der Waals surface area contributed by atoms with E-state index in [-0.39, 0.29) is 12.6 Å². The highest BCUT2D eigenvalue weighted by molar-refractivity contribution is 7.90. The van der Waals surface area contributed by atoms with Gasteiger partial charge in [-0.3, -0.25) is 4.79 Å². The van der Waals surface area contributed by atoms with Crippen molar-refractivity contribution in [3.05, 3.63) is 0 Å². The maximum Gasteiger partial charge on any atom is 0.320 e. The molecular formula is C7H15NO5S. The Bertz CT molecular complexity index is 274. The molecule has 84 valence electrons. The third-order valence-corrected chi connectivity index (χ3v) is 2.88. The summed E-state index contributed by atoms with van der Waals surface area (Å²) in [5.74, 6) is -2.30. The third-order valence-electron chi connectivity index (χ3n) is 1.49. The standard InChI is InChI=1S/C7H15NO5S/c1-6(3-2-4-9)8-14(12,13)5-7(10)11/h6,8-9H,2-5H2,1H3,(H,10,11). The van der Waals surface area contributed by atoms with Crippen molar-refractivity contribution in [2.45, 2.75) is 25.8 Å². The van der Waals surface area contributed by atoms with E-state index in [1.54, 1.807) is 6.92 Å². The Morgan fingerprint density at radius 1 is 1.50 bits per heavy atom. The molecule has 0 aliphatic heterocycles. The van der Waals surface area contributed by atoms with Crippen molar-refractivity contribution >= 4 is 16.0 Å². The first kappa shape index (κ1) is 13.3. The van der Waals surface area contributed by atoms with Gasteiger partial charge in [0.1, 0.15) is 0 Å². The highest BCUT2D eigenvalue weighted by atomic mass is 32.2. The van der Waals surface area contributed by atoms with Gasteiger partial charge in [-0.15, -0.1) is 0 Å². The fourth-order valence-electron chi connectivity index (χ4n) is 0.967. The molecule has 1 unspecified atom stereocenters. The topological polar surface area (TPSA) is 104 Å². The van der Waals surface area contributed by atoms with Crippen LogP contribution in [0.5, 0.6) is 0 Å². The molecule has 0 radical (unpaired) electrons. The van der Waals surface area contributed by atoms with Gasteiger partial charge < -0.3 is 10.2 Å². The fraction of sp³-hybridized carbons (Fsp3) is 0.857. The average Bonchev–Trinajstić information content (AvgIpc) is 1.96. The minimum absolute atomic E-state index is 0.00893. The summed E-state index contributed by atoms with van der Waals surface area (Å²) in [6.45, 7) is 1.61. The van der Waals surface area contributed by atoms with Crippen LogP contribution in [0.2, 0.25) is 0 Å². The molecule has 0 rings (SSSR count). The van der Waals surface area contributed by atoms with Crippen LogP contribution < -0.4 is 4.72 Å². The summed E-state index contributed by atoms with van der Waals surface area (Å²) in [5, 5.41) is 16.8. The van der Waals surface area contributed by atoms with Gasteiger partial charge in [0.05, 0.1) is 0 Å². The number of aliphatic carboxylic acids is 1. The molecule has 0 heterocycles. The number of carboxylic acid groups (broad SMARTS) is 1. The Balaban J connectivity index is 4.02. The SMILES string of the molecule is CC(CCCO)NS(=O)(=O)CC(=O)O. The molecule has 0 aromatic rings. The van der Waals surface area contributed by atoms with Crippen LogP contribution in [0.1, 0.15) is 19.8 Å². The van der Waals surface area contributed by atoms with Crippen molar-refractivity contribution < 1.29 is 23.4 Å². The molecule has 0 spiro atoms. The molecule has 0 saturated carbocycles. The first-order chi connectivity index (χ1) is 6.37. The van der Waals surface area contributed by atoms with E-state index in [0.29, 0.717) is 12.8 Å². The van der Waals surface area contributed by atoms with E-state index in [1.807, 2.05) is 0 Å². The molecule has 0 bridgehead atoms. The van der Waals surface area contributed by atoms with Crippen LogP contribution in [0, 0.1) is 0 Å². The van der Waals surface area contributed by atoms with Gasteiger partial charge in [-0.05, 0) is 19.8 Å². The van der Waals surface area contributed by atoms with E-state index in [1.165, 1.54) is 0 Å². The molecule has 3 N–H and O–H groups in total. The molecule has 6 nitrogen and oxygen atoms in total. The zero-order valence-corrected chi connectivity index (χ0v) is 8.75. The maximum absolute atomic E-state index is 11.1. The lowest BCUT2D eigenvalue weighted by molar-refractivity contribution is -0.134. The van der Waals surface area contributed by atoms with Crippen LogP contribution >= 0.6 is 0 Å². The Hall–Kier alpha value is -0.660. The van der Waals surface area contributed by atoms with Gasteiger partial charge in [0.15, 0.2) is 5.75 Å². The third kappa shape index (κ3) is 6.81. The number of rotatable bonds is 7. The lowest BCUT2D eigenvalue weighted by Gasteiger charge is -2.11. The number of carboxylic acids is 1. The Kier molecular flexibility index (Phi) is 5.66. The first-order valence-corrected chi connectivity index (χ1v) is 5.85. The molecule has 7 heteroatoms. The van der Waals surface area contributed by atoms with E-state index in [0.717, 1.165) is 0 Å². The minimum atomic E-state index is -3.74.